The number of hydrogen-bond acceptors (Lipinski definition) is 3. The van der Waals surface area contributed by atoms with Crippen LogP contribution >= 0.6 is 0 Å². The molecule has 0 aromatic heterocycles. The van der Waals surface area contributed by atoms with Crippen LogP contribution in [0.4, 0.5) is 0 Å². The van der Waals surface area contributed by atoms with Crippen molar-refractivity contribution in [3.8, 4) is 0 Å². The zero-order valence-electron chi connectivity index (χ0n) is 6.42. The maximum absolute atomic E-state index is 5.50. The summed E-state index contributed by atoms with van der Waals surface area (Å²) in [5, 5.41) is 0. The van der Waals surface area contributed by atoms with Crippen molar-refractivity contribution in [3.63, 3.8) is 0 Å². The quantitative estimate of drug-likeness (QED) is 0.377. The third kappa shape index (κ3) is 0.982. The highest BCUT2D eigenvalue weighted by Gasteiger charge is 2.57. The lowest BCUT2D eigenvalue weighted by Gasteiger charge is -2.19. The highest BCUT2D eigenvalue weighted by atomic mass is 16.9. The average Bonchev–Trinajstić information content (AvgIpc) is 2.42. The Kier molecular flexibility index (Phi) is 1.33. The molecule has 0 spiro atoms. The third-order valence-corrected chi connectivity index (χ3v) is 1.92. The van der Waals surface area contributed by atoms with E-state index in [2.05, 4.69) is 4.99 Å². The second-order valence-corrected chi connectivity index (χ2v) is 3.19. The molecule has 4 heteroatoms. The number of ether oxygens (including phenoxy) is 3. The van der Waals surface area contributed by atoms with Crippen LogP contribution in [0.3, 0.4) is 0 Å². The average molecular weight is 157 g/mol. The van der Waals surface area contributed by atoms with Crippen LogP contribution in [-0.2, 0) is 14.2 Å². The predicted molar refractivity (Wildman–Crippen MR) is 36.0 cm³/mol. The predicted octanol–water partition coefficient (Wildman–Crippen LogP) is -1.87. The summed E-state index contributed by atoms with van der Waals surface area (Å²) in [4.78, 5) is 2.47. The zero-order valence-corrected chi connectivity index (χ0v) is 6.42. The highest BCUT2D eigenvalue weighted by Crippen LogP contribution is 2.38. The molecule has 0 aromatic carbocycles. The van der Waals surface area contributed by atoms with Crippen molar-refractivity contribution >= 4 is 6.72 Å². The van der Waals surface area contributed by atoms with Gasteiger partial charge in [0.15, 0.2) is 6.54 Å². The Morgan fingerprint density at radius 3 is 2.45 bits per heavy atom. The number of fused-ring (bicyclic) bond motifs is 2. The highest BCUT2D eigenvalue weighted by molar-refractivity contribution is 5.12. The van der Waals surface area contributed by atoms with Gasteiger partial charge in [0.25, 0.3) is 0 Å². The van der Waals surface area contributed by atoms with Gasteiger partial charge in [0.2, 0.25) is 0 Å². The van der Waals surface area contributed by atoms with Gasteiger partial charge in [0.1, 0.15) is 5.60 Å². The van der Waals surface area contributed by atoms with E-state index in [9.17, 15) is 0 Å². The van der Waals surface area contributed by atoms with E-state index < -0.39 is 5.97 Å². The van der Waals surface area contributed by atoms with Crippen LogP contribution in [0.1, 0.15) is 6.92 Å². The third-order valence-electron chi connectivity index (χ3n) is 1.92. The van der Waals surface area contributed by atoms with Gasteiger partial charge in [-0.3, -0.25) is 0 Å². The van der Waals surface area contributed by atoms with Gasteiger partial charge in [-0.05, 0) is 6.92 Å². The van der Waals surface area contributed by atoms with Crippen LogP contribution in [0.2, 0.25) is 0 Å². The molecule has 0 unspecified atom stereocenters. The number of hydrogen-bond donors (Lipinski definition) is 1. The van der Waals surface area contributed by atoms with Crippen LogP contribution in [0.25, 0.3) is 0 Å². The molecule has 4 nitrogen and oxygen atoms in total. The lowest BCUT2D eigenvalue weighted by molar-refractivity contribution is -0.518. The monoisotopic (exact) mass is 157 g/mol. The van der Waals surface area contributed by atoms with Crippen molar-refractivity contribution in [2.24, 2.45) is 0 Å². The summed E-state index contributed by atoms with van der Waals surface area (Å²) in [7, 11) is 0. The fourth-order valence-corrected chi connectivity index (χ4v) is 1.36. The van der Waals surface area contributed by atoms with Crippen LogP contribution in [0.5, 0.6) is 0 Å². The summed E-state index contributed by atoms with van der Waals surface area (Å²) >= 11 is 0. The lowest BCUT2D eigenvalue weighted by atomic mass is 10.1. The minimum absolute atomic E-state index is 0.267. The Bertz CT molecular complexity index is 184. The maximum Gasteiger partial charge on any atom is 0.343 e. The second-order valence-electron chi connectivity index (χ2n) is 3.19. The van der Waals surface area contributed by atoms with E-state index in [-0.39, 0.29) is 5.60 Å². The van der Waals surface area contributed by atoms with Gasteiger partial charge in [0.05, 0.1) is 13.2 Å². The minimum atomic E-state index is -0.913. The molecule has 2 aliphatic rings. The fourth-order valence-electron chi connectivity index (χ4n) is 1.36. The summed E-state index contributed by atoms with van der Waals surface area (Å²) < 4.78 is 16.1. The van der Waals surface area contributed by atoms with E-state index in [1.165, 1.54) is 0 Å². The zero-order chi connectivity index (χ0) is 7.95. The SMILES string of the molecule is [CH-]=[NH+]CC12OCC(C)(CO1)O2. The number of rotatable bonds is 2. The molecule has 2 heterocycles. The molecule has 0 radical (unpaired) electrons. The summed E-state index contributed by atoms with van der Waals surface area (Å²) in [6, 6.07) is 0. The van der Waals surface area contributed by atoms with Crippen molar-refractivity contribution < 1.29 is 19.2 Å². The molecular formula is C7H11NO3. The summed E-state index contributed by atoms with van der Waals surface area (Å²) in [6.45, 7) is 8.62. The van der Waals surface area contributed by atoms with Gasteiger partial charge in [-0.15, -0.1) is 0 Å². The molecule has 0 atom stereocenters. The molecule has 2 fully saturated rings. The Morgan fingerprint density at radius 2 is 2.09 bits per heavy atom. The van der Waals surface area contributed by atoms with E-state index in [1.807, 2.05) is 6.92 Å². The van der Waals surface area contributed by atoms with Gasteiger partial charge in [-0.1, -0.05) is 0 Å². The first-order chi connectivity index (χ1) is 5.18. The molecule has 2 bridgehead atoms. The Labute approximate surface area is 65.2 Å². The smallest absolute Gasteiger partial charge is 0.343 e. The summed E-state index contributed by atoms with van der Waals surface area (Å²) in [6.07, 6.45) is 0. The summed E-state index contributed by atoms with van der Waals surface area (Å²) in [5.74, 6) is -0.913. The van der Waals surface area contributed by atoms with Gasteiger partial charge in [0, 0.05) is 0 Å². The van der Waals surface area contributed by atoms with E-state index in [4.69, 9.17) is 20.9 Å². The molecule has 0 aliphatic carbocycles. The standard InChI is InChI=1S/C7H11NO3/c1-6-4-9-7(11-6,3-8-2)10-5-6/h2,8H,3-5H2,1H3. The van der Waals surface area contributed by atoms with Crippen molar-refractivity contribution in [2.75, 3.05) is 19.8 Å². The van der Waals surface area contributed by atoms with Gasteiger partial charge >= 0.3 is 5.97 Å². The van der Waals surface area contributed by atoms with Crippen molar-refractivity contribution in [3.05, 3.63) is 0 Å². The topological polar surface area (TPSA) is 41.7 Å². The molecule has 11 heavy (non-hydrogen) atoms. The van der Waals surface area contributed by atoms with E-state index in [0.29, 0.717) is 19.8 Å². The second kappa shape index (κ2) is 2.03. The normalized spacial score (nSPS) is 48.1. The molecular weight excluding hydrogens is 146 g/mol. The Balaban J connectivity index is 2.13. The molecule has 0 saturated carbocycles. The number of nitrogens with one attached hydrogen (secondary N) is 1. The molecule has 62 valence electrons. The largest absolute Gasteiger partial charge is 0.422 e. The molecule has 0 amide bonds. The molecule has 2 aliphatic heterocycles. The summed E-state index contributed by atoms with van der Waals surface area (Å²) in [5.41, 5.74) is -0.267. The molecule has 1 N–H and O–H groups in total. The van der Waals surface area contributed by atoms with Gasteiger partial charge in [-0.2, -0.15) is 0 Å². The van der Waals surface area contributed by atoms with Crippen LogP contribution in [0, 0.1) is 0 Å². The first kappa shape index (κ1) is 7.21. The first-order valence-electron chi connectivity index (χ1n) is 3.60. The fraction of sp³-hybridized carbons (Fsp3) is 0.857. The van der Waals surface area contributed by atoms with Crippen LogP contribution in [-0.4, -0.2) is 38.1 Å². The van der Waals surface area contributed by atoms with Crippen LogP contribution in [0.15, 0.2) is 0 Å². The maximum atomic E-state index is 5.50. The van der Waals surface area contributed by atoms with E-state index in [1.54, 1.807) is 0 Å². The van der Waals surface area contributed by atoms with Gasteiger partial charge < -0.3 is 19.2 Å². The molecule has 0 aromatic rings. The lowest BCUT2D eigenvalue weighted by Crippen LogP contribution is -2.73. The minimum Gasteiger partial charge on any atom is -0.422 e. The Morgan fingerprint density at radius 1 is 1.45 bits per heavy atom. The molecule has 2 rings (SSSR count). The van der Waals surface area contributed by atoms with Crippen LogP contribution < -0.4 is 4.99 Å². The van der Waals surface area contributed by atoms with E-state index >= 15 is 0 Å². The van der Waals surface area contributed by atoms with Crippen molar-refractivity contribution in [1.82, 2.24) is 0 Å². The Hall–Kier alpha value is -0.450. The van der Waals surface area contributed by atoms with E-state index in [0.717, 1.165) is 0 Å². The first-order valence-corrected chi connectivity index (χ1v) is 3.60. The van der Waals surface area contributed by atoms with Gasteiger partial charge in [-0.25, -0.2) is 6.72 Å². The van der Waals surface area contributed by atoms with Crippen molar-refractivity contribution in [2.45, 2.75) is 18.5 Å². The van der Waals surface area contributed by atoms with Crippen molar-refractivity contribution in [1.29, 1.82) is 0 Å². The molecule has 2 saturated heterocycles.